The molecule has 2 aromatic heterocycles. The number of piperidine rings is 1. The summed E-state index contributed by atoms with van der Waals surface area (Å²) in [6.45, 7) is 7.62. The van der Waals surface area contributed by atoms with Crippen LogP contribution in [0.3, 0.4) is 0 Å². The number of aryl methyl sites for hydroxylation is 1. The number of halogens is 3. The molecule has 8 nitrogen and oxygen atoms in total. The number of hydrogen-bond donors (Lipinski definition) is 1. The summed E-state index contributed by atoms with van der Waals surface area (Å²) in [6, 6.07) is 7.35. The number of nitrogens with zero attached hydrogens (tertiary/aromatic N) is 4. The van der Waals surface area contributed by atoms with E-state index in [4.69, 9.17) is 9.72 Å². The van der Waals surface area contributed by atoms with Crippen molar-refractivity contribution < 1.29 is 31.4 Å². The summed E-state index contributed by atoms with van der Waals surface area (Å²) in [7, 11) is -3.05. The molecule has 272 valence electrons. The van der Waals surface area contributed by atoms with Crippen molar-refractivity contribution in [2.45, 2.75) is 109 Å². The van der Waals surface area contributed by atoms with E-state index in [2.05, 4.69) is 28.7 Å². The number of pyridine rings is 1. The summed E-state index contributed by atoms with van der Waals surface area (Å²) in [5.74, 6) is -2.06. The van der Waals surface area contributed by atoms with E-state index in [9.17, 15) is 22.3 Å². The molecule has 1 aliphatic heterocycles. The first-order valence-electron chi connectivity index (χ1n) is 17.8. The van der Waals surface area contributed by atoms with E-state index >= 15 is 4.39 Å². The smallest absolute Gasteiger partial charge is 0.248 e. The summed E-state index contributed by atoms with van der Waals surface area (Å²) in [4.78, 5) is 16.3. The first kappa shape index (κ1) is 36.5. The fraction of sp³-hybridized carbons (Fsp3) is 0.605. The number of alkyl halides is 3. The molecule has 0 amide bonds. The van der Waals surface area contributed by atoms with Crippen molar-refractivity contribution in [3.8, 4) is 5.75 Å². The lowest BCUT2D eigenvalue weighted by Gasteiger charge is -2.41. The molecule has 6 rings (SSSR count). The Bertz CT molecular complexity index is 1750. The summed E-state index contributed by atoms with van der Waals surface area (Å²) in [6.07, 6.45) is 4.80. The van der Waals surface area contributed by atoms with Crippen LogP contribution in [0, 0.1) is 12.3 Å². The molecule has 0 unspecified atom stereocenters. The standard InChI is InChI=1S/C38H49F3N4O4S/c1-24-6-8-26(9-7-24)34(39)33-31(25-10-14-38(40,41)15-11-25)32-29(20-37(2,3)21-30(32)46)44-35(33)27-12-16-45(17-13-27)36-42-22-28(23-43-36)49-18-5-19-50(4,47)48/h6-9,22-23,25,27,30,34,46H,5,10-21H2,1-4H3/t30-,34-/m0/s1. The molecule has 0 bridgehead atoms. The topological polar surface area (TPSA) is 106 Å². The van der Waals surface area contributed by atoms with Crippen LogP contribution in [0.25, 0.3) is 0 Å². The first-order chi connectivity index (χ1) is 23.6. The van der Waals surface area contributed by atoms with E-state index in [-0.39, 0.29) is 55.3 Å². The van der Waals surface area contributed by atoms with Crippen LogP contribution in [0.1, 0.15) is 129 Å². The van der Waals surface area contributed by atoms with Crippen molar-refractivity contribution in [3.63, 3.8) is 0 Å². The van der Waals surface area contributed by atoms with E-state index in [0.717, 1.165) is 16.8 Å². The summed E-state index contributed by atoms with van der Waals surface area (Å²) >= 11 is 0. The van der Waals surface area contributed by atoms with Crippen molar-refractivity contribution in [1.29, 1.82) is 0 Å². The lowest BCUT2D eigenvalue weighted by Crippen LogP contribution is -2.36. The van der Waals surface area contributed by atoms with Gasteiger partial charge < -0.3 is 14.7 Å². The molecule has 2 aliphatic carbocycles. The van der Waals surface area contributed by atoms with Crippen LogP contribution in [-0.4, -0.2) is 66.1 Å². The third-order valence-electron chi connectivity index (χ3n) is 10.6. The van der Waals surface area contributed by atoms with Gasteiger partial charge in [0, 0.05) is 54.9 Å². The van der Waals surface area contributed by atoms with Gasteiger partial charge in [0.1, 0.15) is 9.84 Å². The average molecular weight is 715 g/mol. The van der Waals surface area contributed by atoms with Crippen molar-refractivity contribution >= 4 is 15.8 Å². The van der Waals surface area contributed by atoms with Crippen LogP contribution in [0.15, 0.2) is 36.7 Å². The third-order valence-corrected chi connectivity index (χ3v) is 11.6. The minimum absolute atomic E-state index is 0.0479. The normalized spacial score (nSPS) is 21.8. The maximum Gasteiger partial charge on any atom is 0.248 e. The molecule has 1 aromatic carbocycles. The summed E-state index contributed by atoms with van der Waals surface area (Å²) in [5.41, 5.74) is 4.60. The highest BCUT2D eigenvalue weighted by Crippen LogP contribution is 2.52. The van der Waals surface area contributed by atoms with Crippen LogP contribution >= 0.6 is 0 Å². The Labute approximate surface area is 293 Å². The molecule has 3 heterocycles. The average Bonchev–Trinajstić information content (AvgIpc) is 3.05. The molecular formula is C38H49F3N4O4S. The van der Waals surface area contributed by atoms with E-state index < -0.39 is 28.0 Å². The highest BCUT2D eigenvalue weighted by Gasteiger charge is 2.43. The molecular weight excluding hydrogens is 666 g/mol. The number of ether oxygens (including phenoxy) is 1. The Morgan fingerprint density at radius 3 is 2.26 bits per heavy atom. The second-order valence-corrected chi connectivity index (χ2v) is 17.7. The van der Waals surface area contributed by atoms with Crippen molar-refractivity contribution in [2.75, 3.05) is 36.6 Å². The van der Waals surface area contributed by atoms with Gasteiger partial charge >= 0.3 is 0 Å². The first-order valence-corrected chi connectivity index (χ1v) is 19.9. The molecule has 0 radical (unpaired) electrons. The fourth-order valence-electron chi connectivity index (χ4n) is 8.02. The van der Waals surface area contributed by atoms with E-state index in [1.165, 1.54) is 6.26 Å². The monoisotopic (exact) mass is 714 g/mol. The molecule has 3 aliphatic rings. The quantitative estimate of drug-likeness (QED) is 0.213. The van der Waals surface area contributed by atoms with Gasteiger partial charge in [-0.25, -0.2) is 31.6 Å². The number of aliphatic hydroxyl groups is 1. The Balaban J connectivity index is 1.32. The van der Waals surface area contributed by atoms with Crippen LogP contribution in [0.5, 0.6) is 5.75 Å². The van der Waals surface area contributed by atoms with Gasteiger partial charge in [0.05, 0.1) is 36.6 Å². The fourth-order valence-corrected chi connectivity index (χ4v) is 8.66. The maximum atomic E-state index is 17.2. The zero-order chi connectivity index (χ0) is 35.8. The second-order valence-electron chi connectivity index (χ2n) is 15.5. The number of aliphatic hydroxyl groups excluding tert-OH is 1. The van der Waals surface area contributed by atoms with Crippen molar-refractivity contribution in [1.82, 2.24) is 15.0 Å². The number of sulfone groups is 1. The van der Waals surface area contributed by atoms with Crippen LogP contribution in [-0.2, 0) is 16.3 Å². The molecule has 3 aromatic rings. The van der Waals surface area contributed by atoms with Crippen LogP contribution in [0.4, 0.5) is 19.1 Å². The highest BCUT2D eigenvalue weighted by molar-refractivity contribution is 7.90. The van der Waals surface area contributed by atoms with Gasteiger partial charge in [-0.05, 0) is 74.3 Å². The number of hydrogen-bond acceptors (Lipinski definition) is 8. The minimum atomic E-state index is -3.05. The minimum Gasteiger partial charge on any atom is -0.490 e. The Hall–Kier alpha value is -3.25. The van der Waals surface area contributed by atoms with Gasteiger partial charge in [0.25, 0.3) is 0 Å². The van der Waals surface area contributed by atoms with E-state index in [1.807, 2.05) is 19.1 Å². The van der Waals surface area contributed by atoms with Gasteiger partial charge in [-0.2, -0.15) is 0 Å². The predicted octanol–water partition coefficient (Wildman–Crippen LogP) is 7.74. The molecule has 0 spiro atoms. The SMILES string of the molecule is Cc1ccc([C@H](F)c2c(C3CCN(c4ncc(OCCCS(C)(=O)=O)cn4)CC3)nc3c(c2C2CCC(F)(F)CC2)[C@@H](O)CC(C)(C)C3)cc1. The Kier molecular flexibility index (Phi) is 10.5. The van der Waals surface area contributed by atoms with Gasteiger partial charge in [0.2, 0.25) is 11.9 Å². The lowest BCUT2D eigenvalue weighted by atomic mass is 9.68. The maximum absolute atomic E-state index is 17.2. The second kappa shape index (κ2) is 14.4. The largest absolute Gasteiger partial charge is 0.490 e. The zero-order valence-electron chi connectivity index (χ0n) is 29.5. The van der Waals surface area contributed by atoms with Gasteiger partial charge in [0.15, 0.2) is 11.9 Å². The Morgan fingerprint density at radius 2 is 1.64 bits per heavy atom. The van der Waals surface area contributed by atoms with Crippen molar-refractivity contribution in [2.24, 2.45) is 5.41 Å². The lowest BCUT2D eigenvalue weighted by molar-refractivity contribution is -0.0385. The number of aromatic nitrogens is 3. The molecule has 50 heavy (non-hydrogen) atoms. The Morgan fingerprint density at radius 1 is 1.00 bits per heavy atom. The number of benzene rings is 1. The highest BCUT2D eigenvalue weighted by atomic mass is 32.2. The summed E-state index contributed by atoms with van der Waals surface area (Å²) in [5, 5.41) is 11.6. The van der Waals surface area contributed by atoms with Gasteiger partial charge in [-0.1, -0.05) is 43.7 Å². The predicted molar refractivity (Wildman–Crippen MR) is 188 cm³/mol. The molecule has 2 fully saturated rings. The molecule has 2 atom stereocenters. The summed E-state index contributed by atoms with van der Waals surface area (Å²) < 4.78 is 74.6. The molecule has 1 saturated heterocycles. The van der Waals surface area contributed by atoms with Gasteiger partial charge in [-0.15, -0.1) is 0 Å². The number of fused-ring (bicyclic) bond motifs is 1. The number of rotatable bonds is 10. The molecule has 12 heteroatoms. The van der Waals surface area contributed by atoms with Crippen LogP contribution < -0.4 is 9.64 Å². The molecule has 1 N–H and O–H groups in total. The van der Waals surface area contributed by atoms with E-state index in [0.29, 0.717) is 79.3 Å². The zero-order valence-corrected chi connectivity index (χ0v) is 30.3. The van der Waals surface area contributed by atoms with E-state index in [1.54, 1.807) is 24.5 Å². The number of anilines is 1. The van der Waals surface area contributed by atoms with Crippen LogP contribution in [0.2, 0.25) is 0 Å². The van der Waals surface area contributed by atoms with Crippen molar-refractivity contribution in [3.05, 3.63) is 75.9 Å². The third kappa shape index (κ3) is 8.44. The van der Waals surface area contributed by atoms with Gasteiger partial charge in [-0.3, -0.25) is 4.98 Å². The molecule has 1 saturated carbocycles.